The van der Waals surface area contributed by atoms with Gasteiger partial charge in [-0.05, 0) is 31.7 Å². The van der Waals surface area contributed by atoms with Gasteiger partial charge in [0, 0.05) is 24.6 Å². The fraction of sp³-hybridized carbons (Fsp3) is 0.500. The molecule has 7 nitrogen and oxygen atoms in total. The molecule has 21 heavy (non-hydrogen) atoms. The molecule has 0 radical (unpaired) electrons. The van der Waals surface area contributed by atoms with Crippen LogP contribution < -0.4 is 5.32 Å². The Bertz CT molecular complexity index is 655. The van der Waals surface area contributed by atoms with Crippen LogP contribution >= 0.6 is 0 Å². The topological polar surface area (TPSA) is 93.1 Å². The van der Waals surface area contributed by atoms with E-state index in [0.717, 1.165) is 30.4 Å². The zero-order valence-corrected chi connectivity index (χ0v) is 11.8. The number of anilines is 1. The maximum atomic E-state index is 11.2. The van der Waals surface area contributed by atoms with Gasteiger partial charge >= 0.3 is 0 Å². The van der Waals surface area contributed by atoms with Crippen LogP contribution in [0.4, 0.5) is 11.4 Å². The lowest BCUT2D eigenvalue weighted by Gasteiger charge is -2.27. The van der Waals surface area contributed by atoms with Gasteiger partial charge in [0.25, 0.3) is 5.69 Å². The van der Waals surface area contributed by atoms with Crippen molar-refractivity contribution in [3.63, 3.8) is 0 Å². The summed E-state index contributed by atoms with van der Waals surface area (Å²) in [5.41, 5.74) is 1.43. The first-order valence-electron chi connectivity index (χ1n) is 7.11. The minimum Gasteiger partial charge on any atom is -0.379 e. The van der Waals surface area contributed by atoms with Crippen molar-refractivity contribution in [3.05, 3.63) is 28.4 Å². The number of aromatic nitrogens is 2. The Morgan fingerprint density at radius 1 is 1.57 bits per heavy atom. The Morgan fingerprint density at radius 2 is 2.43 bits per heavy atom. The zero-order valence-electron chi connectivity index (χ0n) is 11.8. The molecule has 112 valence electrons. The second kappa shape index (κ2) is 5.69. The molecule has 2 N–H and O–H groups in total. The van der Waals surface area contributed by atoms with Gasteiger partial charge in [0.05, 0.1) is 22.7 Å². The maximum Gasteiger partial charge on any atom is 0.293 e. The van der Waals surface area contributed by atoms with Gasteiger partial charge in [-0.15, -0.1) is 0 Å². The molecule has 7 heteroatoms. The van der Waals surface area contributed by atoms with E-state index in [4.69, 9.17) is 4.74 Å². The van der Waals surface area contributed by atoms with E-state index in [1.54, 1.807) is 12.3 Å². The van der Waals surface area contributed by atoms with E-state index in [-0.39, 0.29) is 16.7 Å². The van der Waals surface area contributed by atoms with Crippen LogP contribution in [0.5, 0.6) is 0 Å². The van der Waals surface area contributed by atoms with Crippen molar-refractivity contribution >= 4 is 22.3 Å². The van der Waals surface area contributed by atoms with Gasteiger partial charge in [-0.3, -0.25) is 15.2 Å². The van der Waals surface area contributed by atoms with Gasteiger partial charge in [-0.2, -0.15) is 5.10 Å². The van der Waals surface area contributed by atoms with Gasteiger partial charge in [0.2, 0.25) is 0 Å². The first-order valence-corrected chi connectivity index (χ1v) is 7.11. The van der Waals surface area contributed by atoms with Gasteiger partial charge in [-0.25, -0.2) is 0 Å². The quantitative estimate of drug-likeness (QED) is 0.667. The molecular weight excluding hydrogens is 272 g/mol. The molecule has 1 aromatic heterocycles. The molecule has 1 fully saturated rings. The van der Waals surface area contributed by atoms with E-state index in [9.17, 15) is 10.1 Å². The van der Waals surface area contributed by atoms with Crippen LogP contribution in [0.1, 0.15) is 19.8 Å². The number of hydrogen-bond donors (Lipinski definition) is 2. The van der Waals surface area contributed by atoms with Gasteiger partial charge in [0.15, 0.2) is 0 Å². The molecule has 2 heterocycles. The highest BCUT2D eigenvalue weighted by molar-refractivity contribution is 5.96. The van der Waals surface area contributed by atoms with Crippen molar-refractivity contribution in [2.75, 3.05) is 18.5 Å². The molecule has 1 saturated heterocycles. The van der Waals surface area contributed by atoms with Crippen molar-refractivity contribution in [3.8, 4) is 0 Å². The number of benzene rings is 1. The highest BCUT2D eigenvalue weighted by atomic mass is 16.6. The summed E-state index contributed by atoms with van der Waals surface area (Å²) in [6.07, 6.45) is 3.83. The van der Waals surface area contributed by atoms with E-state index in [2.05, 4.69) is 22.4 Å². The molecular formula is C14H18N4O3. The standard InChI is InChI=1S/C14H18N4O3/c1-9-6-10(4-5-21-9)7-15-14-11-8-16-17-12(11)2-3-13(14)18(19)20/h2-3,8-10,15H,4-7H2,1H3,(H,16,17). The van der Waals surface area contributed by atoms with Crippen molar-refractivity contribution in [1.29, 1.82) is 0 Å². The number of nitro benzene ring substituents is 1. The first kappa shape index (κ1) is 13.8. The number of aromatic amines is 1. The third-order valence-corrected chi connectivity index (χ3v) is 3.96. The maximum absolute atomic E-state index is 11.2. The van der Waals surface area contributed by atoms with Gasteiger partial charge in [0.1, 0.15) is 5.69 Å². The van der Waals surface area contributed by atoms with E-state index in [1.165, 1.54) is 6.07 Å². The Morgan fingerprint density at radius 3 is 3.19 bits per heavy atom. The van der Waals surface area contributed by atoms with Gasteiger partial charge < -0.3 is 10.1 Å². The van der Waals surface area contributed by atoms with Crippen LogP contribution in [0.2, 0.25) is 0 Å². The Hall–Kier alpha value is -2.15. The van der Waals surface area contributed by atoms with Crippen molar-refractivity contribution < 1.29 is 9.66 Å². The summed E-state index contributed by atoms with van der Waals surface area (Å²) in [5.74, 6) is 0.468. The van der Waals surface area contributed by atoms with E-state index in [0.29, 0.717) is 18.2 Å². The van der Waals surface area contributed by atoms with Crippen LogP contribution in [0, 0.1) is 16.0 Å². The molecule has 3 rings (SSSR count). The zero-order chi connectivity index (χ0) is 14.8. The van der Waals surface area contributed by atoms with Crippen LogP contribution in [0.15, 0.2) is 18.3 Å². The van der Waals surface area contributed by atoms with Crippen LogP contribution in [-0.2, 0) is 4.74 Å². The second-order valence-corrected chi connectivity index (χ2v) is 5.50. The Kier molecular flexibility index (Phi) is 3.74. The average molecular weight is 290 g/mol. The van der Waals surface area contributed by atoms with Gasteiger partial charge in [-0.1, -0.05) is 0 Å². The normalized spacial score (nSPS) is 22.3. The number of H-pyrrole nitrogens is 1. The number of hydrogen-bond acceptors (Lipinski definition) is 5. The number of nitrogens with zero attached hydrogens (tertiary/aromatic N) is 2. The summed E-state index contributed by atoms with van der Waals surface area (Å²) in [6, 6.07) is 3.19. The molecule has 2 aromatic rings. The summed E-state index contributed by atoms with van der Waals surface area (Å²) < 4.78 is 5.53. The average Bonchev–Trinajstić information content (AvgIpc) is 2.93. The fourth-order valence-electron chi connectivity index (χ4n) is 2.87. The second-order valence-electron chi connectivity index (χ2n) is 5.50. The fourth-order valence-corrected chi connectivity index (χ4v) is 2.87. The lowest BCUT2D eigenvalue weighted by molar-refractivity contribution is -0.383. The number of nitro groups is 1. The monoisotopic (exact) mass is 290 g/mol. The van der Waals surface area contributed by atoms with Crippen LogP contribution in [0.3, 0.4) is 0 Å². The molecule has 1 aliphatic rings. The summed E-state index contributed by atoms with van der Waals surface area (Å²) >= 11 is 0. The molecule has 0 amide bonds. The number of ether oxygens (including phenoxy) is 1. The molecule has 0 saturated carbocycles. The predicted molar refractivity (Wildman–Crippen MR) is 79.4 cm³/mol. The summed E-state index contributed by atoms with van der Waals surface area (Å²) in [5, 5.41) is 22.0. The SMILES string of the molecule is CC1CC(CNc2c([N+](=O)[O-])ccc3[nH]ncc23)CCO1. The molecule has 1 aliphatic heterocycles. The minimum absolute atomic E-state index is 0.0870. The lowest BCUT2D eigenvalue weighted by Crippen LogP contribution is -2.27. The molecule has 2 atom stereocenters. The molecule has 0 aliphatic carbocycles. The highest BCUT2D eigenvalue weighted by Gasteiger charge is 2.22. The molecule has 1 aromatic carbocycles. The summed E-state index contributed by atoms with van der Waals surface area (Å²) in [7, 11) is 0. The van der Waals surface area contributed by atoms with Crippen LogP contribution in [-0.4, -0.2) is 34.4 Å². The molecule has 0 bridgehead atoms. The molecule has 0 spiro atoms. The Labute approximate surface area is 121 Å². The smallest absolute Gasteiger partial charge is 0.293 e. The predicted octanol–water partition coefficient (Wildman–Crippen LogP) is 2.70. The van der Waals surface area contributed by atoms with E-state index in [1.807, 2.05) is 0 Å². The van der Waals surface area contributed by atoms with Crippen molar-refractivity contribution in [1.82, 2.24) is 10.2 Å². The lowest BCUT2D eigenvalue weighted by atomic mass is 9.96. The number of nitrogens with one attached hydrogen (secondary N) is 2. The first-order chi connectivity index (χ1) is 10.1. The summed E-state index contributed by atoms with van der Waals surface area (Å²) in [6.45, 7) is 3.52. The van der Waals surface area contributed by atoms with Crippen molar-refractivity contribution in [2.45, 2.75) is 25.9 Å². The van der Waals surface area contributed by atoms with Crippen LogP contribution in [0.25, 0.3) is 10.9 Å². The van der Waals surface area contributed by atoms with E-state index < -0.39 is 0 Å². The Balaban J connectivity index is 1.83. The van der Waals surface area contributed by atoms with E-state index >= 15 is 0 Å². The minimum atomic E-state index is -0.360. The molecule has 2 unspecified atom stereocenters. The largest absolute Gasteiger partial charge is 0.379 e. The van der Waals surface area contributed by atoms with Crippen molar-refractivity contribution in [2.24, 2.45) is 5.92 Å². The number of fused-ring (bicyclic) bond motifs is 1. The third-order valence-electron chi connectivity index (χ3n) is 3.96. The number of rotatable bonds is 4. The highest BCUT2D eigenvalue weighted by Crippen LogP contribution is 2.32. The summed E-state index contributed by atoms with van der Waals surface area (Å²) in [4.78, 5) is 10.8. The third kappa shape index (κ3) is 2.82.